The maximum atomic E-state index is 8.99. The number of fused-ring (bicyclic) bond motifs is 1. The summed E-state index contributed by atoms with van der Waals surface area (Å²) in [5.74, 6) is 0.764. The van der Waals surface area contributed by atoms with Crippen LogP contribution >= 0.6 is 11.3 Å². The summed E-state index contributed by atoms with van der Waals surface area (Å²) in [4.78, 5) is 15.8. The number of aromatic nitrogens is 3. The van der Waals surface area contributed by atoms with E-state index >= 15 is 0 Å². The second kappa shape index (κ2) is 7.90. The minimum Gasteiger partial charge on any atom is -0.357 e. The molecule has 0 aliphatic carbocycles. The highest BCUT2D eigenvalue weighted by atomic mass is 32.1. The number of benzene rings is 1. The standard InChI is InChI=1S/C23H22N6S/c1-15-17-6-2-3-7-18(17)26-20(15)14-29-11-5-9-21(29)19-8-4-10-22(27-19)28-23-25-13-16(12-24)30-23/h2-4,6-8,10,13,21,26H,5,9,11,14H2,1H3,(H,25,27,28)/t21-/m1/s1. The van der Waals surface area contributed by atoms with Crippen LogP contribution in [-0.4, -0.2) is 26.4 Å². The summed E-state index contributed by atoms with van der Waals surface area (Å²) in [6, 6.07) is 17.0. The lowest BCUT2D eigenvalue weighted by atomic mass is 10.1. The molecule has 5 rings (SSSR count). The normalized spacial score (nSPS) is 16.7. The number of H-pyrrole nitrogens is 1. The minimum atomic E-state index is 0.295. The summed E-state index contributed by atoms with van der Waals surface area (Å²) in [5, 5.41) is 14.2. The van der Waals surface area contributed by atoms with Gasteiger partial charge in [-0.1, -0.05) is 35.6 Å². The van der Waals surface area contributed by atoms with Gasteiger partial charge in [0.1, 0.15) is 16.8 Å². The molecule has 1 saturated heterocycles. The third-order valence-electron chi connectivity index (χ3n) is 5.76. The van der Waals surface area contributed by atoms with Gasteiger partial charge in [0.15, 0.2) is 5.13 Å². The molecule has 0 spiro atoms. The minimum absolute atomic E-state index is 0.295. The zero-order valence-corrected chi connectivity index (χ0v) is 17.5. The summed E-state index contributed by atoms with van der Waals surface area (Å²) in [6.07, 6.45) is 3.85. The van der Waals surface area contributed by atoms with E-state index in [4.69, 9.17) is 10.2 Å². The Labute approximate surface area is 179 Å². The number of nitriles is 1. The number of aryl methyl sites for hydroxylation is 1. The molecule has 0 unspecified atom stereocenters. The largest absolute Gasteiger partial charge is 0.357 e. The van der Waals surface area contributed by atoms with Gasteiger partial charge in [-0.3, -0.25) is 4.90 Å². The molecular formula is C23H22N6S. The van der Waals surface area contributed by atoms with Crippen molar-refractivity contribution in [1.29, 1.82) is 5.26 Å². The number of nitrogens with zero attached hydrogens (tertiary/aromatic N) is 4. The second-order valence-corrected chi connectivity index (χ2v) is 8.65. The van der Waals surface area contributed by atoms with E-state index in [1.165, 1.54) is 39.9 Å². The average Bonchev–Trinajstić information content (AvgIpc) is 3.49. The maximum Gasteiger partial charge on any atom is 0.189 e. The van der Waals surface area contributed by atoms with Gasteiger partial charge in [0.2, 0.25) is 0 Å². The van der Waals surface area contributed by atoms with Crippen LogP contribution in [0.15, 0.2) is 48.7 Å². The van der Waals surface area contributed by atoms with Crippen molar-refractivity contribution in [3.63, 3.8) is 0 Å². The van der Waals surface area contributed by atoms with Crippen molar-refractivity contribution < 1.29 is 0 Å². The number of nitrogens with one attached hydrogen (secondary N) is 2. The Hall–Kier alpha value is -3.21. The van der Waals surface area contributed by atoms with Crippen molar-refractivity contribution in [3.8, 4) is 6.07 Å². The summed E-state index contributed by atoms with van der Waals surface area (Å²) >= 11 is 1.33. The highest BCUT2D eigenvalue weighted by Crippen LogP contribution is 2.34. The van der Waals surface area contributed by atoms with Crippen LogP contribution in [0.1, 0.15) is 40.7 Å². The monoisotopic (exact) mass is 414 g/mol. The fourth-order valence-electron chi connectivity index (χ4n) is 4.25. The van der Waals surface area contributed by atoms with E-state index in [0.29, 0.717) is 16.1 Å². The first-order valence-electron chi connectivity index (χ1n) is 10.1. The van der Waals surface area contributed by atoms with Crippen LogP contribution in [0.2, 0.25) is 0 Å². The molecule has 2 N–H and O–H groups in total. The number of likely N-dealkylation sites (tertiary alicyclic amines) is 1. The van der Waals surface area contributed by atoms with Crippen molar-refractivity contribution in [2.24, 2.45) is 0 Å². The molecule has 30 heavy (non-hydrogen) atoms. The highest BCUT2D eigenvalue weighted by molar-refractivity contribution is 7.16. The number of aromatic amines is 1. The molecule has 0 radical (unpaired) electrons. The third kappa shape index (κ3) is 3.56. The summed E-state index contributed by atoms with van der Waals surface area (Å²) < 4.78 is 0. The number of para-hydroxylation sites is 1. The van der Waals surface area contributed by atoms with Gasteiger partial charge in [-0.25, -0.2) is 9.97 Å². The van der Waals surface area contributed by atoms with E-state index < -0.39 is 0 Å². The predicted molar refractivity (Wildman–Crippen MR) is 120 cm³/mol. The molecular weight excluding hydrogens is 392 g/mol. The van der Waals surface area contributed by atoms with E-state index in [0.717, 1.165) is 31.0 Å². The average molecular weight is 415 g/mol. The van der Waals surface area contributed by atoms with Gasteiger partial charge < -0.3 is 10.3 Å². The van der Waals surface area contributed by atoms with Crippen LogP contribution in [0.5, 0.6) is 0 Å². The number of rotatable bonds is 5. The van der Waals surface area contributed by atoms with Crippen LogP contribution in [0, 0.1) is 18.3 Å². The molecule has 7 heteroatoms. The Bertz CT molecular complexity index is 1230. The Balaban J connectivity index is 1.37. The number of thiazole rings is 1. The van der Waals surface area contributed by atoms with E-state index in [1.54, 1.807) is 6.20 Å². The zero-order chi connectivity index (χ0) is 20.5. The smallest absolute Gasteiger partial charge is 0.189 e. The summed E-state index contributed by atoms with van der Waals surface area (Å²) in [6.45, 7) is 4.16. The van der Waals surface area contributed by atoms with E-state index in [2.05, 4.69) is 63.5 Å². The molecule has 1 aliphatic heterocycles. The number of hydrogen-bond donors (Lipinski definition) is 2. The lowest BCUT2D eigenvalue weighted by Gasteiger charge is -2.24. The van der Waals surface area contributed by atoms with E-state index in [1.807, 2.05) is 12.1 Å². The highest BCUT2D eigenvalue weighted by Gasteiger charge is 2.28. The fourth-order valence-corrected chi connectivity index (χ4v) is 4.87. The molecule has 0 saturated carbocycles. The molecule has 1 atom stereocenters. The Morgan fingerprint density at radius 3 is 3.00 bits per heavy atom. The molecule has 6 nitrogen and oxygen atoms in total. The van der Waals surface area contributed by atoms with Gasteiger partial charge in [0.25, 0.3) is 0 Å². The van der Waals surface area contributed by atoms with Gasteiger partial charge in [0.05, 0.1) is 17.9 Å². The molecule has 4 heterocycles. The van der Waals surface area contributed by atoms with Gasteiger partial charge >= 0.3 is 0 Å². The first-order valence-corrected chi connectivity index (χ1v) is 10.9. The van der Waals surface area contributed by atoms with Crippen LogP contribution in [0.3, 0.4) is 0 Å². The topological polar surface area (TPSA) is 80.6 Å². The summed E-state index contributed by atoms with van der Waals surface area (Å²) in [7, 11) is 0. The van der Waals surface area contributed by atoms with Crippen LogP contribution in [0.4, 0.5) is 10.9 Å². The molecule has 0 bridgehead atoms. The maximum absolute atomic E-state index is 8.99. The van der Waals surface area contributed by atoms with Crippen LogP contribution in [0.25, 0.3) is 10.9 Å². The lowest BCUT2D eigenvalue weighted by Crippen LogP contribution is -2.24. The Morgan fingerprint density at radius 2 is 2.17 bits per heavy atom. The molecule has 1 aliphatic rings. The zero-order valence-electron chi connectivity index (χ0n) is 16.7. The van der Waals surface area contributed by atoms with E-state index in [-0.39, 0.29) is 0 Å². The van der Waals surface area contributed by atoms with Crippen molar-refractivity contribution in [3.05, 3.63) is 70.5 Å². The molecule has 3 aromatic heterocycles. The fraction of sp³-hybridized carbons (Fsp3) is 0.261. The molecule has 4 aromatic rings. The lowest BCUT2D eigenvalue weighted by molar-refractivity contribution is 0.242. The predicted octanol–water partition coefficient (Wildman–Crippen LogP) is 5.28. The molecule has 1 aromatic carbocycles. The SMILES string of the molecule is Cc1c(CN2CCC[C@@H]2c2cccc(Nc3ncc(C#N)s3)n2)[nH]c2ccccc12. The number of hydrogen-bond acceptors (Lipinski definition) is 6. The third-order valence-corrected chi connectivity index (χ3v) is 6.57. The molecule has 0 amide bonds. The van der Waals surface area contributed by atoms with Gasteiger partial charge in [-0.2, -0.15) is 5.26 Å². The number of anilines is 2. The van der Waals surface area contributed by atoms with Crippen molar-refractivity contribution in [1.82, 2.24) is 19.9 Å². The van der Waals surface area contributed by atoms with Gasteiger partial charge in [0, 0.05) is 23.1 Å². The van der Waals surface area contributed by atoms with Crippen LogP contribution in [-0.2, 0) is 6.54 Å². The van der Waals surface area contributed by atoms with Crippen molar-refractivity contribution in [2.45, 2.75) is 32.4 Å². The second-order valence-electron chi connectivity index (χ2n) is 7.62. The molecule has 150 valence electrons. The van der Waals surface area contributed by atoms with Crippen LogP contribution < -0.4 is 5.32 Å². The quantitative estimate of drug-likeness (QED) is 0.464. The first-order chi connectivity index (χ1) is 14.7. The van der Waals surface area contributed by atoms with Gasteiger partial charge in [-0.05, 0) is 50.1 Å². The first kappa shape index (κ1) is 18.8. The van der Waals surface area contributed by atoms with Crippen molar-refractivity contribution in [2.75, 3.05) is 11.9 Å². The van der Waals surface area contributed by atoms with E-state index in [9.17, 15) is 0 Å². The van der Waals surface area contributed by atoms with Crippen molar-refractivity contribution >= 4 is 33.2 Å². The Morgan fingerprint density at radius 1 is 1.27 bits per heavy atom. The summed E-state index contributed by atoms with van der Waals surface area (Å²) in [5.41, 5.74) is 4.88. The number of pyridine rings is 1. The molecule has 1 fully saturated rings. The van der Waals surface area contributed by atoms with Gasteiger partial charge in [-0.15, -0.1) is 0 Å². The Kier molecular flexibility index (Phi) is 4.95.